The summed E-state index contributed by atoms with van der Waals surface area (Å²) in [5.74, 6) is 3.53. The van der Waals surface area contributed by atoms with E-state index < -0.39 is 0 Å². The zero-order valence-corrected chi connectivity index (χ0v) is 10.7. The second-order valence-corrected chi connectivity index (χ2v) is 5.20. The first-order valence-electron chi connectivity index (χ1n) is 6.53. The lowest BCUT2D eigenvalue weighted by Crippen LogP contribution is -2.08. The number of nitrogens with one attached hydrogen (secondary N) is 1. The number of hydrogen-bond donors (Lipinski definition) is 2. The number of hydrogen-bond acceptors (Lipinski definition) is 4. The molecule has 3 N–H and O–H groups in total. The molecule has 4 nitrogen and oxygen atoms in total. The van der Waals surface area contributed by atoms with Gasteiger partial charge in [0.05, 0.1) is 0 Å². The highest BCUT2D eigenvalue weighted by molar-refractivity contribution is 5.44. The molecule has 1 aromatic heterocycles. The molecule has 0 atom stereocenters. The molecular weight excluding hydrogens is 212 g/mol. The SMILES string of the molecule is CC(C)c1nc(N)cc(NCCCC2CC2)n1. The molecule has 4 heteroatoms. The molecule has 0 spiro atoms. The molecule has 0 aromatic carbocycles. The fraction of sp³-hybridized carbons (Fsp3) is 0.692. The van der Waals surface area contributed by atoms with Crippen LogP contribution in [0.25, 0.3) is 0 Å². The van der Waals surface area contributed by atoms with Crippen LogP contribution < -0.4 is 11.1 Å². The molecule has 1 aliphatic rings. The predicted octanol–water partition coefficient (Wildman–Crippen LogP) is 2.78. The third-order valence-corrected chi connectivity index (χ3v) is 3.07. The molecular formula is C13H22N4. The van der Waals surface area contributed by atoms with Crippen molar-refractivity contribution in [3.63, 3.8) is 0 Å². The summed E-state index contributed by atoms with van der Waals surface area (Å²) in [6.07, 6.45) is 5.41. The van der Waals surface area contributed by atoms with Gasteiger partial charge in [0.2, 0.25) is 0 Å². The van der Waals surface area contributed by atoms with Gasteiger partial charge in [-0.15, -0.1) is 0 Å². The van der Waals surface area contributed by atoms with E-state index in [1.54, 1.807) is 0 Å². The highest BCUT2D eigenvalue weighted by atomic mass is 15.0. The topological polar surface area (TPSA) is 63.8 Å². The smallest absolute Gasteiger partial charge is 0.135 e. The predicted molar refractivity (Wildman–Crippen MR) is 71.0 cm³/mol. The molecule has 1 saturated carbocycles. The van der Waals surface area contributed by atoms with E-state index in [2.05, 4.69) is 29.1 Å². The molecule has 0 saturated heterocycles. The first kappa shape index (κ1) is 12.1. The fourth-order valence-electron chi connectivity index (χ4n) is 1.85. The van der Waals surface area contributed by atoms with Crippen LogP contribution in [0.4, 0.5) is 11.6 Å². The van der Waals surface area contributed by atoms with E-state index >= 15 is 0 Å². The van der Waals surface area contributed by atoms with E-state index in [0.29, 0.717) is 11.7 Å². The Morgan fingerprint density at radius 1 is 1.41 bits per heavy atom. The van der Waals surface area contributed by atoms with Crippen LogP contribution in [0.15, 0.2) is 6.07 Å². The van der Waals surface area contributed by atoms with Crippen molar-refractivity contribution >= 4 is 11.6 Å². The van der Waals surface area contributed by atoms with Crippen LogP contribution >= 0.6 is 0 Å². The Morgan fingerprint density at radius 2 is 2.18 bits per heavy atom. The van der Waals surface area contributed by atoms with Gasteiger partial charge in [-0.2, -0.15) is 0 Å². The van der Waals surface area contributed by atoms with Crippen LogP contribution in [0.1, 0.15) is 51.3 Å². The van der Waals surface area contributed by atoms with Crippen LogP contribution in [-0.4, -0.2) is 16.5 Å². The molecule has 1 aromatic rings. The number of anilines is 2. The fourth-order valence-corrected chi connectivity index (χ4v) is 1.85. The Bertz CT molecular complexity index is 372. The standard InChI is InChI=1S/C13H22N4/c1-9(2)13-16-11(14)8-12(17-13)15-7-3-4-10-5-6-10/h8-10H,3-7H2,1-2H3,(H3,14,15,16,17). The maximum atomic E-state index is 5.77. The lowest BCUT2D eigenvalue weighted by molar-refractivity contribution is 0.685. The molecule has 1 heterocycles. The lowest BCUT2D eigenvalue weighted by atomic mass is 10.2. The molecule has 1 aliphatic carbocycles. The molecule has 94 valence electrons. The van der Waals surface area contributed by atoms with Crippen LogP contribution in [-0.2, 0) is 0 Å². The molecule has 0 radical (unpaired) electrons. The van der Waals surface area contributed by atoms with Crippen LogP contribution in [0.2, 0.25) is 0 Å². The Morgan fingerprint density at radius 3 is 2.82 bits per heavy atom. The van der Waals surface area contributed by atoms with Crippen molar-refractivity contribution in [3.05, 3.63) is 11.9 Å². The third-order valence-electron chi connectivity index (χ3n) is 3.07. The summed E-state index contributed by atoms with van der Waals surface area (Å²) in [7, 11) is 0. The zero-order valence-electron chi connectivity index (χ0n) is 10.7. The highest BCUT2D eigenvalue weighted by Crippen LogP contribution is 2.33. The van der Waals surface area contributed by atoms with Gasteiger partial charge < -0.3 is 11.1 Å². The second-order valence-electron chi connectivity index (χ2n) is 5.20. The summed E-state index contributed by atoms with van der Waals surface area (Å²) >= 11 is 0. The first-order valence-corrected chi connectivity index (χ1v) is 6.53. The van der Waals surface area contributed by atoms with Crippen molar-refractivity contribution in [1.82, 2.24) is 9.97 Å². The summed E-state index contributed by atoms with van der Waals surface area (Å²) in [5.41, 5.74) is 5.77. The minimum atomic E-state index is 0.311. The van der Waals surface area contributed by atoms with Crippen molar-refractivity contribution in [2.24, 2.45) is 5.92 Å². The van der Waals surface area contributed by atoms with E-state index in [9.17, 15) is 0 Å². The summed E-state index contributed by atoms with van der Waals surface area (Å²) < 4.78 is 0. The van der Waals surface area contributed by atoms with E-state index in [0.717, 1.165) is 24.1 Å². The Hall–Kier alpha value is -1.32. The van der Waals surface area contributed by atoms with Crippen molar-refractivity contribution in [1.29, 1.82) is 0 Å². The van der Waals surface area contributed by atoms with Crippen molar-refractivity contribution in [2.45, 2.75) is 45.4 Å². The van der Waals surface area contributed by atoms with Crippen molar-refractivity contribution in [3.8, 4) is 0 Å². The summed E-state index contributed by atoms with van der Waals surface area (Å²) in [5, 5.41) is 3.33. The minimum Gasteiger partial charge on any atom is -0.384 e. The first-order chi connectivity index (χ1) is 8.15. The van der Waals surface area contributed by atoms with Crippen LogP contribution in [0.3, 0.4) is 0 Å². The monoisotopic (exact) mass is 234 g/mol. The van der Waals surface area contributed by atoms with Gasteiger partial charge in [0.25, 0.3) is 0 Å². The van der Waals surface area contributed by atoms with Crippen molar-refractivity contribution < 1.29 is 0 Å². The molecule has 0 aliphatic heterocycles. The number of nitrogens with zero attached hydrogens (tertiary/aromatic N) is 2. The molecule has 2 rings (SSSR count). The zero-order chi connectivity index (χ0) is 12.3. The van der Waals surface area contributed by atoms with Gasteiger partial charge in [0.15, 0.2) is 0 Å². The quantitative estimate of drug-likeness (QED) is 0.743. The van der Waals surface area contributed by atoms with E-state index in [4.69, 9.17) is 5.73 Å². The second kappa shape index (κ2) is 5.34. The Labute approximate surface area is 103 Å². The van der Waals surface area contributed by atoms with E-state index in [-0.39, 0.29) is 0 Å². The van der Waals surface area contributed by atoms with Crippen molar-refractivity contribution in [2.75, 3.05) is 17.6 Å². The number of nitrogens with two attached hydrogens (primary N) is 1. The molecule has 1 fully saturated rings. The van der Waals surface area contributed by atoms with Gasteiger partial charge in [0, 0.05) is 18.5 Å². The van der Waals surface area contributed by atoms with Gasteiger partial charge in [-0.25, -0.2) is 9.97 Å². The Kier molecular flexibility index (Phi) is 3.82. The number of aromatic nitrogens is 2. The van der Waals surface area contributed by atoms with Crippen LogP contribution in [0, 0.1) is 5.92 Å². The third kappa shape index (κ3) is 3.88. The van der Waals surface area contributed by atoms with Gasteiger partial charge >= 0.3 is 0 Å². The average Bonchev–Trinajstić information content (AvgIpc) is 3.07. The molecule has 0 bridgehead atoms. The lowest BCUT2D eigenvalue weighted by Gasteiger charge is -2.09. The molecule has 0 unspecified atom stereocenters. The van der Waals surface area contributed by atoms with Crippen LogP contribution in [0.5, 0.6) is 0 Å². The number of rotatable bonds is 6. The molecule has 0 amide bonds. The normalized spacial score (nSPS) is 15.2. The molecule has 17 heavy (non-hydrogen) atoms. The maximum absolute atomic E-state index is 5.77. The summed E-state index contributed by atoms with van der Waals surface area (Å²) in [6, 6.07) is 1.81. The minimum absolute atomic E-state index is 0.311. The van der Waals surface area contributed by atoms with Gasteiger partial charge in [0.1, 0.15) is 17.5 Å². The van der Waals surface area contributed by atoms with Gasteiger partial charge in [-0.05, 0) is 18.8 Å². The van der Waals surface area contributed by atoms with E-state index in [1.165, 1.54) is 25.7 Å². The van der Waals surface area contributed by atoms with Gasteiger partial charge in [-0.3, -0.25) is 0 Å². The average molecular weight is 234 g/mol. The summed E-state index contributed by atoms with van der Waals surface area (Å²) in [4.78, 5) is 8.69. The largest absolute Gasteiger partial charge is 0.384 e. The Balaban J connectivity index is 1.85. The maximum Gasteiger partial charge on any atom is 0.135 e. The number of nitrogen functional groups attached to an aromatic ring is 1. The van der Waals surface area contributed by atoms with Gasteiger partial charge in [-0.1, -0.05) is 26.7 Å². The highest BCUT2D eigenvalue weighted by Gasteiger charge is 2.19. The summed E-state index contributed by atoms with van der Waals surface area (Å²) in [6.45, 7) is 5.13. The van der Waals surface area contributed by atoms with E-state index in [1.807, 2.05) is 6.07 Å².